The summed E-state index contributed by atoms with van der Waals surface area (Å²) >= 11 is 0. The summed E-state index contributed by atoms with van der Waals surface area (Å²) in [4.78, 5) is 13.7. The van der Waals surface area contributed by atoms with Crippen LogP contribution in [0.15, 0.2) is 28.2 Å². The van der Waals surface area contributed by atoms with Crippen LogP contribution in [-0.2, 0) is 10.0 Å². The number of nitrogens with zero attached hydrogens (tertiary/aromatic N) is 1. The maximum absolute atomic E-state index is 12.0. The van der Waals surface area contributed by atoms with Gasteiger partial charge in [0.1, 0.15) is 0 Å². The van der Waals surface area contributed by atoms with Gasteiger partial charge in [-0.3, -0.25) is 14.6 Å². The van der Waals surface area contributed by atoms with Crippen LogP contribution in [0.2, 0.25) is 0 Å². The largest absolute Gasteiger partial charge is 0.366 e. The summed E-state index contributed by atoms with van der Waals surface area (Å²) in [6, 6.07) is 1.15. The van der Waals surface area contributed by atoms with Crippen molar-refractivity contribution in [3.63, 3.8) is 0 Å². The predicted molar refractivity (Wildman–Crippen MR) is 65.9 cm³/mol. The van der Waals surface area contributed by atoms with Crippen LogP contribution in [0.4, 0.5) is 5.82 Å². The summed E-state index contributed by atoms with van der Waals surface area (Å²) in [6.07, 6.45) is 2.50. The number of hydrogen-bond donors (Lipinski definition) is 3. The summed E-state index contributed by atoms with van der Waals surface area (Å²) in [5, 5.41) is 6.49. The molecule has 0 saturated heterocycles. The standard InChI is InChI=1S/C10H12N4O3S/c1-6-7(2)12-13-10(6)14-18(16,17)9-5-11-4-3-8(9)15/h3-5H,1-2H3,(H,11,15)(H2,12,13,14). The van der Waals surface area contributed by atoms with Crippen molar-refractivity contribution in [1.29, 1.82) is 0 Å². The summed E-state index contributed by atoms with van der Waals surface area (Å²) in [5.74, 6) is 0.191. The summed E-state index contributed by atoms with van der Waals surface area (Å²) in [5.41, 5.74) is 0.867. The van der Waals surface area contributed by atoms with Gasteiger partial charge in [-0.05, 0) is 13.8 Å². The molecule has 8 heteroatoms. The molecule has 0 aliphatic heterocycles. The zero-order valence-electron chi connectivity index (χ0n) is 9.81. The van der Waals surface area contributed by atoms with Gasteiger partial charge in [-0.15, -0.1) is 0 Å². The third-order valence-electron chi connectivity index (χ3n) is 2.56. The molecule has 3 N–H and O–H groups in total. The summed E-state index contributed by atoms with van der Waals surface area (Å²) in [6.45, 7) is 3.50. The van der Waals surface area contributed by atoms with Crippen LogP contribution < -0.4 is 10.2 Å². The average molecular weight is 268 g/mol. The Morgan fingerprint density at radius 1 is 1.33 bits per heavy atom. The van der Waals surface area contributed by atoms with Gasteiger partial charge >= 0.3 is 0 Å². The Morgan fingerprint density at radius 2 is 2.06 bits per heavy atom. The molecular formula is C10H12N4O3S. The number of nitrogens with one attached hydrogen (secondary N) is 3. The van der Waals surface area contributed by atoms with E-state index in [2.05, 4.69) is 19.9 Å². The highest BCUT2D eigenvalue weighted by Crippen LogP contribution is 2.17. The topological polar surface area (TPSA) is 108 Å². The van der Waals surface area contributed by atoms with Gasteiger partial charge in [-0.1, -0.05) is 0 Å². The molecule has 0 radical (unpaired) electrons. The predicted octanol–water partition coefficient (Wildman–Crippen LogP) is 0.516. The van der Waals surface area contributed by atoms with E-state index in [9.17, 15) is 13.2 Å². The highest BCUT2D eigenvalue weighted by Gasteiger charge is 2.20. The maximum Gasteiger partial charge on any atom is 0.268 e. The first-order valence-corrected chi connectivity index (χ1v) is 6.61. The van der Waals surface area contributed by atoms with Crippen molar-refractivity contribution in [3.05, 3.63) is 39.9 Å². The van der Waals surface area contributed by atoms with Gasteiger partial charge in [0.05, 0.1) is 0 Å². The SMILES string of the molecule is Cc1[nH]nc(NS(=O)(=O)c2c[nH]ccc2=O)c1C. The lowest BCUT2D eigenvalue weighted by Crippen LogP contribution is -2.21. The molecule has 0 fully saturated rings. The lowest BCUT2D eigenvalue weighted by Gasteiger charge is -2.05. The van der Waals surface area contributed by atoms with Crippen molar-refractivity contribution >= 4 is 15.8 Å². The molecule has 2 aromatic rings. The molecule has 0 atom stereocenters. The zero-order chi connectivity index (χ0) is 13.3. The summed E-state index contributed by atoms with van der Waals surface area (Å²) < 4.78 is 26.3. The van der Waals surface area contributed by atoms with E-state index in [0.29, 0.717) is 5.56 Å². The van der Waals surface area contributed by atoms with Crippen LogP contribution in [0, 0.1) is 13.8 Å². The molecule has 0 spiro atoms. The number of aromatic amines is 2. The Morgan fingerprint density at radius 3 is 2.61 bits per heavy atom. The van der Waals surface area contributed by atoms with Gasteiger partial charge in [0.25, 0.3) is 10.0 Å². The molecule has 0 aliphatic rings. The Labute approximate surface area is 103 Å². The van der Waals surface area contributed by atoms with Gasteiger partial charge in [0, 0.05) is 29.7 Å². The van der Waals surface area contributed by atoms with Crippen molar-refractivity contribution < 1.29 is 8.42 Å². The molecule has 0 unspecified atom stereocenters. The second-order valence-electron chi connectivity index (χ2n) is 3.80. The Bertz CT molecular complexity index is 730. The minimum absolute atomic E-state index is 0.191. The van der Waals surface area contributed by atoms with E-state index in [0.717, 1.165) is 18.0 Å². The number of rotatable bonds is 3. The maximum atomic E-state index is 12.0. The lowest BCUT2D eigenvalue weighted by molar-refractivity contribution is 0.600. The molecule has 0 aromatic carbocycles. The van der Waals surface area contributed by atoms with Gasteiger partial charge in [0.2, 0.25) is 5.43 Å². The number of pyridine rings is 1. The number of aromatic nitrogens is 3. The average Bonchev–Trinajstić information content (AvgIpc) is 2.61. The molecular weight excluding hydrogens is 256 g/mol. The Balaban J connectivity index is 2.43. The van der Waals surface area contributed by atoms with E-state index in [4.69, 9.17) is 0 Å². The van der Waals surface area contributed by atoms with Crippen LogP contribution in [-0.4, -0.2) is 23.6 Å². The van der Waals surface area contributed by atoms with Crippen molar-refractivity contribution in [1.82, 2.24) is 15.2 Å². The molecule has 2 heterocycles. The van der Waals surface area contributed by atoms with Crippen LogP contribution in [0.25, 0.3) is 0 Å². The third-order valence-corrected chi connectivity index (χ3v) is 3.92. The van der Waals surface area contributed by atoms with Crippen LogP contribution in [0.1, 0.15) is 11.3 Å². The highest BCUT2D eigenvalue weighted by molar-refractivity contribution is 7.92. The molecule has 0 amide bonds. The molecule has 18 heavy (non-hydrogen) atoms. The fraction of sp³-hybridized carbons (Fsp3) is 0.200. The third kappa shape index (κ3) is 2.14. The van der Waals surface area contributed by atoms with Crippen molar-refractivity contribution in [3.8, 4) is 0 Å². The van der Waals surface area contributed by atoms with E-state index in [1.54, 1.807) is 13.8 Å². The van der Waals surface area contributed by atoms with Gasteiger partial charge < -0.3 is 4.98 Å². The second-order valence-corrected chi connectivity index (χ2v) is 5.45. The molecule has 0 aliphatic carbocycles. The molecule has 2 rings (SSSR count). The van der Waals surface area contributed by atoms with Crippen molar-refractivity contribution in [2.75, 3.05) is 4.72 Å². The minimum Gasteiger partial charge on any atom is -0.366 e. The quantitative estimate of drug-likeness (QED) is 0.754. The fourth-order valence-electron chi connectivity index (χ4n) is 1.38. The molecule has 96 valence electrons. The smallest absolute Gasteiger partial charge is 0.268 e. The summed E-state index contributed by atoms with van der Waals surface area (Å²) in [7, 11) is -3.93. The minimum atomic E-state index is -3.93. The highest BCUT2D eigenvalue weighted by atomic mass is 32.2. The number of sulfonamides is 1. The van der Waals surface area contributed by atoms with E-state index < -0.39 is 15.5 Å². The number of H-pyrrole nitrogens is 2. The van der Waals surface area contributed by atoms with Crippen LogP contribution >= 0.6 is 0 Å². The van der Waals surface area contributed by atoms with E-state index in [-0.39, 0.29) is 10.7 Å². The van der Waals surface area contributed by atoms with Gasteiger partial charge in [0.15, 0.2) is 10.7 Å². The van der Waals surface area contributed by atoms with Crippen molar-refractivity contribution in [2.24, 2.45) is 0 Å². The molecule has 7 nitrogen and oxygen atoms in total. The Hall–Kier alpha value is -2.09. The first kappa shape index (κ1) is 12.4. The monoisotopic (exact) mass is 268 g/mol. The first-order chi connectivity index (χ1) is 8.42. The van der Waals surface area contributed by atoms with Gasteiger partial charge in [-0.2, -0.15) is 5.10 Å². The van der Waals surface area contributed by atoms with E-state index >= 15 is 0 Å². The molecule has 0 saturated carbocycles. The zero-order valence-corrected chi connectivity index (χ0v) is 10.6. The number of aryl methyl sites for hydroxylation is 1. The molecule has 0 bridgehead atoms. The second kappa shape index (κ2) is 4.30. The fourth-order valence-corrected chi connectivity index (χ4v) is 2.50. The number of anilines is 1. The van der Waals surface area contributed by atoms with Gasteiger partial charge in [-0.25, -0.2) is 8.42 Å². The van der Waals surface area contributed by atoms with Crippen LogP contribution in [0.5, 0.6) is 0 Å². The molecule has 2 aromatic heterocycles. The van der Waals surface area contributed by atoms with Crippen LogP contribution in [0.3, 0.4) is 0 Å². The van der Waals surface area contributed by atoms with E-state index in [1.165, 1.54) is 6.20 Å². The Kier molecular flexibility index (Phi) is 2.95. The number of hydrogen-bond acceptors (Lipinski definition) is 4. The lowest BCUT2D eigenvalue weighted by atomic mass is 10.3. The first-order valence-electron chi connectivity index (χ1n) is 5.13. The normalized spacial score (nSPS) is 11.4. The van der Waals surface area contributed by atoms with Crippen molar-refractivity contribution in [2.45, 2.75) is 18.7 Å². The van der Waals surface area contributed by atoms with E-state index in [1.807, 2.05) is 0 Å².